The van der Waals surface area contributed by atoms with E-state index in [9.17, 15) is 0 Å². The van der Waals surface area contributed by atoms with Gasteiger partial charge in [0.05, 0.1) is 6.54 Å². The number of piperazine rings is 1. The molecule has 1 fully saturated rings. The molecule has 2 aromatic heterocycles. The van der Waals surface area contributed by atoms with Crippen LogP contribution in [0.2, 0.25) is 0 Å². The quantitative estimate of drug-likeness (QED) is 0.636. The monoisotopic (exact) mass is 350 g/mol. The highest BCUT2D eigenvalue weighted by atomic mass is 32.1. The Morgan fingerprint density at radius 3 is 2.62 bits per heavy atom. The van der Waals surface area contributed by atoms with E-state index in [2.05, 4.69) is 46.5 Å². The van der Waals surface area contributed by atoms with Crippen LogP contribution >= 0.6 is 11.5 Å². The number of aliphatic imine (C=N–C) groups is 1. The maximum atomic E-state index is 4.98. The third-order valence-corrected chi connectivity index (χ3v) is 4.62. The molecule has 0 amide bonds. The molecule has 0 atom stereocenters. The number of rotatable bonds is 4. The van der Waals surface area contributed by atoms with Gasteiger partial charge in [-0.25, -0.2) is 4.98 Å². The molecule has 130 valence electrons. The molecule has 1 saturated heterocycles. The Hall–Kier alpha value is -2.23. The van der Waals surface area contributed by atoms with Crippen molar-refractivity contribution in [3.05, 3.63) is 17.5 Å². The standard InChI is InChI=1S/C14H22N8OS/c1-4-11-18-14(24-20-11)22-7-5-21(6-8-22)13(15-3)16-9-12-17-10(2)23-19-12/h4-9H2,1-3H3,(H,15,16). The van der Waals surface area contributed by atoms with E-state index in [1.807, 2.05) is 0 Å². The Morgan fingerprint density at radius 2 is 2.04 bits per heavy atom. The van der Waals surface area contributed by atoms with Gasteiger partial charge in [0.2, 0.25) is 11.0 Å². The number of guanidine groups is 1. The van der Waals surface area contributed by atoms with Crippen LogP contribution in [-0.2, 0) is 13.0 Å². The zero-order valence-electron chi connectivity index (χ0n) is 14.2. The summed E-state index contributed by atoms with van der Waals surface area (Å²) >= 11 is 1.48. The van der Waals surface area contributed by atoms with Gasteiger partial charge in [-0.2, -0.15) is 9.36 Å². The molecule has 1 aliphatic rings. The van der Waals surface area contributed by atoms with Gasteiger partial charge in [-0.3, -0.25) is 4.99 Å². The van der Waals surface area contributed by atoms with Crippen LogP contribution in [0.25, 0.3) is 0 Å². The van der Waals surface area contributed by atoms with Crippen molar-refractivity contribution in [3.63, 3.8) is 0 Å². The minimum absolute atomic E-state index is 0.500. The van der Waals surface area contributed by atoms with Gasteiger partial charge in [0.15, 0.2) is 11.8 Å². The zero-order valence-corrected chi connectivity index (χ0v) is 15.0. The molecule has 0 spiro atoms. The van der Waals surface area contributed by atoms with Crippen LogP contribution in [0.5, 0.6) is 0 Å². The molecule has 3 rings (SSSR count). The minimum Gasteiger partial charge on any atom is -0.349 e. The summed E-state index contributed by atoms with van der Waals surface area (Å²) in [5, 5.41) is 8.18. The molecular formula is C14H22N8OS. The Bertz CT molecular complexity index is 689. The Balaban J connectivity index is 1.52. The van der Waals surface area contributed by atoms with Gasteiger partial charge in [-0.05, 0) is 0 Å². The first-order chi connectivity index (χ1) is 11.7. The summed E-state index contributed by atoms with van der Waals surface area (Å²) in [6.07, 6.45) is 0.878. The van der Waals surface area contributed by atoms with Gasteiger partial charge >= 0.3 is 0 Å². The molecule has 0 unspecified atom stereocenters. The van der Waals surface area contributed by atoms with Crippen molar-refractivity contribution >= 4 is 22.6 Å². The lowest BCUT2D eigenvalue weighted by atomic mass is 10.3. The first kappa shape index (κ1) is 16.6. The van der Waals surface area contributed by atoms with Crippen molar-refractivity contribution in [1.29, 1.82) is 0 Å². The topological polar surface area (TPSA) is 95.6 Å². The average Bonchev–Trinajstić information content (AvgIpc) is 3.25. The molecule has 9 nitrogen and oxygen atoms in total. The minimum atomic E-state index is 0.500. The highest BCUT2D eigenvalue weighted by Gasteiger charge is 2.22. The number of aryl methyl sites for hydroxylation is 2. The first-order valence-corrected chi connectivity index (χ1v) is 8.79. The molecule has 0 aromatic carbocycles. The predicted octanol–water partition coefficient (Wildman–Crippen LogP) is 0.690. The fraction of sp³-hybridized carbons (Fsp3) is 0.643. The van der Waals surface area contributed by atoms with Gasteiger partial charge in [0.25, 0.3) is 0 Å². The molecule has 0 radical (unpaired) electrons. The van der Waals surface area contributed by atoms with Gasteiger partial charge < -0.3 is 19.6 Å². The van der Waals surface area contributed by atoms with Gasteiger partial charge in [0, 0.05) is 58.1 Å². The van der Waals surface area contributed by atoms with Crippen LogP contribution in [0.1, 0.15) is 24.5 Å². The third kappa shape index (κ3) is 3.81. The van der Waals surface area contributed by atoms with E-state index in [0.717, 1.165) is 49.5 Å². The predicted molar refractivity (Wildman–Crippen MR) is 92.3 cm³/mol. The second kappa shape index (κ2) is 7.56. The van der Waals surface area contributed by atoms with Crippen molar-refractivity contribution < 1.29 is 4.52 Å². The van der Waals surface area contributed by atoms with E-state index in [1.165, 1.54) is 11.5 Å². The van der Waals surface area contributed by atoms with E-state index in [-0.39, 0.29) is 0 Å². The van der Waals surface area contributed by atoms with Crippen LogP contribution in [-0.4, -0.2) is 63.6 Å². The molecule has 0 saturated carbocycles. The maximum absolute atomic E-state index is 4.98. The first-order valence-electron chi connectivity index (χ1n) is 8.02. The number of hydrogen-bond acceptors (Lipinski definition) is 8. The highest BCUT2D eigenvalue weighted by Crippen LogP contribution is 2.19. The number of hydrogen-bond donors (Lipinski definition) is 1. The van der Waals surface area contributed by atoms with Crippen molar-refractivity contribution in [1.82, 2.24) is 29.7 Å². The van der Waals surface area contributed by atoms with Crippen molar-refractivity contribution in [2.75, 3.05) is 38.1 Å². The summed E-state index contributed by atoms with van der Waals surface area (Å²) in [7, 11) is 1.79. The van der Waals surface area contributed by atoms with Crippen LogP contribution in [0.15, 0.2) is 9.52 Å². The SMILES string of the molecule is CCc1nsc(N2CCN(C(=NC)NCc3noc(C)n3)CC2)n1. The summed E-state index contributed by atoms with van der Waals surface area (Å²) in [5.74, 6) is 2.97. The molecule has 0 aliphatic carbocycles. The van der Waals surface area contributed by atoms with E-state index >= 15 is 0 Å². The highest BCUT2D eigenvalue weighted by molar-refractivity contribution is 7.09. The molecule has 1 N–H and O–H groups in total. The van der Waals surface area contributed by atoms with Crippen molar-refractivity contribution in [2.24, 2.45) is 4.99 Å². The van der Waals surface area contributed by atoms with Crippen LogP contribution in [0, 0.1) is 6.92 Å². The lowest BCUT2D eigenvalue weighted by Gasteiger charge is -2.36. The number of anilines is 1. The van der Waals surface area contributed by atoms with Crippen molar-refractivity contribution in [3.8, 4) is 0 Å². The van der Waals surface area contributed by atoms with Crippen LogP contribution in [0.3, 0.4) is 0 Å². The van der Waals surface area contributed by atoms with Gasteiger partial charge in [0.1, 0.15) is 5.82 Å². The smallest absolute Gasteiger partial charge is 0.223 e. The Morgan fingerprint density at radius 1 is 1.25 bits per heavy atom. The second-order valence-corrected chi connectivity index (χ2v) is 6.18. The molecular weight excluding hydrogens is 328 g/mol. The van der Waals surface area contributed by atoms with Gasteiger partial charge in [-0.1, -0.05) is 12.1 Å². The summed E-state index contributed by atoms with van der Waals surface area (Å²) in [6.45, 7) is 7.92. The summed E-state index contributed by atoms with van der Waals surface area (Å²) in [4.78, 5) is 17.6. The average molecular weight is 350 g/mol. The number of nitrogens with zero attached hydrogens (tertiary/aromatic N) is 7. The Kier molecular flexibility index (Phi) is 5.24. The van der Waals surface area contributed by atoms with Crippen LogP contribution < -0.4 is 10.2 Å². The fourth-order valence-electron chi connectivity index (χ4n) is 2.53. The van der Waals surface area contributed by atoms with E-state index in [1.54, 1.807) is 14.0 Å². The summed E-state index contributed by atoms with van der Waals surface area (Å²) in [6, 6.07) is 0. The fourth-order valence-corrected chi connectivity index (χ4v) is 3.33. The van der Waals surface area contributed by atoms with Crippen molar-refractivity contribution in [2.45, 2.75) is 26.8 Å². The molecule has 10 heteroatoms. The largest absolute Gasteiger partial charge is 0.349 e. The summed E-state index contributed by atoms with van der Waals surface area (Å²) in [5.41, 5.74) is 0. The maximum Gasteiger partial charge on any atom is 0.223 e. The lowest BCUT2D eigenvalue weighted by molar-refractivity contribution is 0.369. The number of aromatic nitrogens is 4. The zero-order chi connectivity index (χ0) is 16.9. The third-order valence-electron chi connectivity index (χ3n) is 3.81. The summed E-state index contributed by atoms with van der Waals surface area (Å²) < 4.78 is 9.34. The molecule has 1 aliphatic heterocycles. The molecule has 3 heterocycles. The van der Waals surface area contributed by atoms with Gasteiger partial charge in [-0.15, -0.1) is 0 Å². The normalized spacial score (nSPS) is 15.9. The van der Waals surface area contributed by atoms with Crippen LogP contribution in [0.4, 0.5) is 5.13 Å². The molecule has 24 heavy (non-hydrogen) atoms. The lowest BCUT2D eigenvalue weighted by Crippen LogP contribution is -2.52. The van der Waals surface area contributed by atoms with E-state index in [0.29, 0.717) is 18.3 Å². The molecule has 2 aromatic rings. The number of nitrogens with one attached hydrogen (secondary N) is 1. The Labute approximate surface area is 145 Å². The van der Waals surface area contributed by atoms with E-state index in [4.69, 9.17) is 4.52 Å². The molecule has 0 bridgehead atoms. The second-order valence-electron chi connectivity index (χ2n) is 5.45. The van der Waals surface area contributed by atoms with E-state index < -0.39 is 0 Å².